The highest BCUT2D eigenvalue weighted by molar-refractivity contribution is 7.10. The fourth-order valence-corrected chi connectivity index (χ4v) is 5.17. The Hall–Kier alpha value is -3.00. The molecule has 33 heavy (non-hydrogen) atoms. The van der Waals surface area contributed by atoms with Crippen LogP contribution in [0.3, 0.4) is 0 Å². The number of ketones is 1. The second kappa shape index (κ2) is 9.09. The van der Waals surface area contributed by atoms with Crippen molar-refractivity contribution < 1.29 is 24.2 Å². The topological polar surface area (TPSA) is 76.1 Å². The first-order valence-corrected chi connectivity index (χ1v) is 11.4. The Morgan fingerprint density at radius 3 is 2.39 bits per heavy atom. The van der Waals surface area contributed by atoms with Gasteiger partial charge in [-0.25, -0.2) is 0 Å². The van der Waals surface area contributed by atoms with Gasteiger partial charge in [0, 0.05) is 21.7 Å². The van der Waals surface area contributed by atoms with E-state index in [4.69, 9.17) is 32.7 Å². The Labute approximate surface area is 204 Å². The summed E-state index contributed by atoms with van der Waals surface area (Å²) in [5, 5.41) is 13.9. The van der Waals surface area contributed by atoms with E-state index in [0.717, 1.165) is 5.56 Å². The van der Waals surface area contributed by atoms with E-state index in [1.807, 2.05) is 17.5 Å². The van der Waals surface area contributed by atoms with Crippen LogP contribution < -0.4 is 14.4 Å². The molecule has 0 aliphatic carbocycles. The predicted molar refractivity (Wildman–Crippen MR) is 130 cm³/mol. The van der Waals surface area contributed by atoms with Gasteiger partial charge in [-0.05, 0) is 48.2 Å². The van der Waals surface area contributed by atoms with Crippen LogP contribution in [0.5, 0.6) is 11.5 Å². The molecule has 1 atom stereocenters. The number of rotatable bonds is 5. The third kappa shape index (κ3) is 3.97. The molecule has 0 saturated carbocycles. The molecule has 0 spiro atoms. The van der Waals surface area contributed by atoms with Crippen molar-refractivity contribution in [3.63, 3.8) is 0 Å². The van der Waals surface area contributed by atoms with Gasteiger partial charge in [0.05, 0.1) is 30.4 Å². The maximum Gasteiger partial charge on any atom is 0.300 e. The molecule has 1 aliphatic heterocycles. The predicted octanol–water partition coefficient (Wildman–Crippen LogP) is 6.01. The first-order valence-electron chi connectivity index (χ1n) is 9.81. The first-order chi connectivity index (χ1) is 15.8. The van der Waals surface area contributed by atoms with Gasteiger partial charge >= 0.3 is 0 Å². The van der Waals surface area contributed by atoms with E-state index >= 15 is 0 Å². The quantitative estimate of drug-likeness (QED) is 0.262. The molecule has 0 radical (unpaired) electrons. The number of aliphatic hydroxyl groups is 1. The number of nitrogens with zero attached hydrogens (tertiary/aromatic N) is 1. The molecule has 1 saturated heterocycles. The highest BCUT2D eigenvalue weighted by atomic mass is 35.5. The smallest absolute Gasteiger partial charge is 0.300 e. The molecule has 1 aliphatic rings. The van der Waals surface area contributed by atoms with Crippen LogP contribution in [0.4, 0.5) is 5.69 Å². The van der Waals surface area contributed by atoms with E-state index in [2.05, 4.69) is 0 Å². The number of carbonyl (C=O) groups excluding carboxylic acids is 2. The standard InChI is InChI=1S/C24H19Cl2NO5S/c1-12-9-13(25)6-7-16(12)27-21(19-5-4-8-33-19)20(23(29)24(27)30)22(28)14-10-15(26)18(32-3)11-17(14)31-2/h4-11,21,28H,1-3H3/b22-20-. The lowest BCUT2D eigenvalue weighted by atomic mass is 9.99. The highest BCUT2D eigenvalue weighted by Crippen LogP contribution is 2.46. The summed E-state index contributed by atoms with van der Waals surface area (Å²) < 4.78 is 10.6. The molecular formula is C24H19Cl2NO5S. The molecule has 0 bridgehead atoms. The summed E-state index contributed by atoms with van der Waals surface area (Å²) in [6.45, 7) is 1.80. The number of Topliss-reactive ketones (excluding diaryl/α,β-unsaturated/α-hetero) is 1. The van der Waals surface area contributed by atoms with Crippen LogP contribution in [0.15, 0.2) is 53.4 Å². The third-order valence-corrected chi connectivity index (χ3v) is 6.86. The van der Waals surface area contributed by atoms with E-state index in [9.17, 15) is 14.7 Å². The Morgan fingerprint density at radius 2 is 1.79 bits per heavy atom. The number of ether oxygens (including phenoxy) is 2. The fraction of sp³-hybridized carbons (Fsp3) is 0.167. The number of hydrogen-bond donors (Lipinski definition) is 1. The molecule has 1 N–H and O–H groups in total. The summed E-state index contributed by atoms with van der Waals surface area (Å²) in [7, 11) is 2.88. The van der Waals surface area contributed by atoms with E-state index in [1.165, 1.54) is 42.6 Å². The van der Waals surface area contributed by atoms with E-state index in [1.54, 1.807) is 25.1 Å². The second-order valence-corrected chi connectivity index (χ2v) is 9.13. The zero-order chi connectivity index (χ0) is 23.9. The van der Waals surface area contributed by atoms with Crippen LogP contribution in [-0.4, -0.2) is 31.0 Å². The Morgan fingerprint density at radius 1 is 1.06 bits per heavy atom. The Kier molecular flexibility index (Phi) is 6.38. The number of thiophene rings is 1. The number of benzene rings is 2. The molecule has 4 rings (SSSR count). The lowest BCUT2D eigenvalue weighted by Gasteiger charge is -2.26. The average molecular weight is 504 g/mol. The molecule has 3 aromatic rings. The summed E-state index contributed by atoms with van der Waals surface area (Å²) in [4.78, 5) is 28.6. The van der Waals surface area contributed by atoms with Gasteiger partial charge in [0.1, 0.15) is 23.3 Å². The zero-order valence-corrected chi connectivity index (χ0v) is 20.2. The molecule has 6 nitrogen and oxygen atoms in total. The minimum absolute atomic E-state index is 0.0590. The van der Waals surface area contributed by atoms with Gasteiger partial charge in [-0.1, -0.05) is 29.3 Å². The van der Waals surface area contributed by atoms with Crippen LogP contribution in [0.2, 0.25) is 10.0 Å². The molecule has 1 aromatic heterocycles. The van der Waals surface area contributed by atoms with Gasteiger partial charge in [0.25, 0.3) is 11.7 Å². The van der Waals surface area contributed by atoms with E-state index < -0.39 is 17.7 Å². The minimum Gasteiger partial charge on any atom is -0.507 e. The van der Waals surface area contributed by atoms with E-state index in [-0.39, 0.29) is 27.7 Å². The third-order valence-electron chi connectivity index (χ3n) is 5.40. The number of aliphatic hydroxyl groups excluding tert-OH is 1. The van der Waals surface area contributed by atoms with Crippen molar-refractivity contribution in [3.05, 3.63) is 79.5 Å². The van der Waals surface area contributed by atoms with Gasteiger partial charge in [-0.2, -0.15) is 0 Å². The fourth-order valence-electron chi connectivity index (χ4n) is 3.88. The monoisotopic (exact) mass is 503 g/mol. The molecule has 2 heterocycles. The maximum atomic E-state index is 13.3. The molecule has 2 aromatic carbocycles. The molecule has 1 unspecified atom stereocenters. The second-order valence-electron chi connectivity index (χ2n) is 7.30. The van der Waals surface area contributed by atoms with Crippen molar-refractivity contribution in [2.45, 2.75) is 13.0 Å². The lowest BCUT2D eigenvalue weighted by molar-refractivity contribution is -0.132. The van der Waals surface area contributed by atoms with Crippen molar-refractivity contribution in [2.75, 3.05) is 19.1 Å². The molecule has 1 fully saturated rings. The molecular weight excluding hydrogens is 485 g/mol. The van der Waals surface area contributed by atoms with Crippen molar-refractivity contribution in [1.82, 2.24) is 0 Å². The van der Waals surface area contributed by atoms with Crippen molar-refractivity contribution in [3.8, 4) is 11.5 Å². The van der Waals surface area contributed by atoms with Gasteiger partial charge in [-0.3, -0.25) is 14.5 Å². The summed E-state index contributed by atoms with van der Waals surface area (Å²) in [6, 6.07) is 10.8. The highest BCUT2D eigenvalue weighted by Gasteiger charge is 2.48. The first kappa shape index (κ1) is 23.2. The van der Waals surface area contributed by atoms with Gasteiger partial charge in [0.15, 0.2) is 0 Å². The normalized spacial score (nSPS) is 17.5. The summed E-state index contributed by atoms with van der Waals surface area (Å²) in [5.41, 5.74) is 1.36. The van der Waals surface area contributed by atoms with Crippen LogP contribution in [-0.2, 0) is 9.59 Å². The number of amides is 1. The minimum atomic E-state index is -0.838. The van der Waals surface area contributed by atoms with Crippen LogP contribution in [0, 0.1) is 6.92 Å². The average Bonchev–Trinajstić information content (AvgIpc) is 3.41. The van der Waals surface area contributed by atoms with Crippen LogP contribution >= 0.6 is 34.5 Å². The lowest BCUT2D eigenvalue weighted by Crippen LogP contribution is -2.29. The Bertz CT molecular complexity index is 1290. The van der Waals surface area contributed by atoms with Crippen molar-refractivity contribution >= 4 is 57.7 Å². The summed E-state index contributed by atoms with van der Waals surface area (Å²) in [6.07, 6.45) is 0. The molecule has 1 amide bonds. The number of aryl methyl sites for hydroxylation is 1. The largest absolute Gasteiger partial charge is 0.507 e. The van der Waals surface area contributed by atoms with Gasteiger partial charge in [-0.15, -0.1) is 11.3 Å². The number of carbonyl (C=O) groups is 2. The van der Waals surface area contributed by atoms with Gasteiger partial charge < -0.3 is 14.6 Å². The summed E-state index contributed by atoms with van der Waals surface area (Å²) in [5.74, 6) is -1.36. The van der Waals surface area contributed by atoms with E-state index in [0.29, 0.717) is 21.3 Å². The van der Waals surface area contributed by atoms with Crippen molar-refractivity contribution in [1.29, 1.82) is 0 Å². The summed E-state index contributed by atoms with van der Waals surface area (Å²) >= 11 is 13.8. The zero-order valence-electron chi connectivity index (χ0n) is 17.9. The molecule has 170 valence electrons. The van der Waals surface area contributed by atoms with Crippen LogP contribution in [0.1, 0.15) is 22.0 Å². The van der Waals surface area contributed by atoms with Gasteiger partial charge in [0.2, 0.25) is 0 Å². The number of halogens is 2. The number of hydrogen-bond acceptors (Lipinski definition) is 6. The number of methoxy groups -OCH3 is 2. The Balaban J connectivity index is 1.98. The van der Waals surface area contributed by atoms with Crippen molar-refractivity contribution in [2.24, 2.45) is 0 Å². The maximum absolute atomic E-state index is 13.3. The van der Waals surface area contributed by atoms with Crippen LogP contribution in [0.25, 0.3) is 5.76 Å². The SMILES string of the molecule is COc1cc(OC)c(/C(O)=C2/C(=O)C(=O)N(c3ccc(Cl)cc3C)C2c2cccs2)cc1Cl. The number of anilines is 1. The molecule has 9 heteroatoms.